The van der Waals surface area contributed by atoms with E-state index in [0.717, 1.165) is 29.4 Å². The van der Waals surface area contributed by atoms with Crippen molar-refractivity contribution in [3.8, 4) is 5.75 Å². The van der Waals surface area contributed by atoms with Crippen LogP contribution in [0.4, 0.5) is 5.69 Å². The Balaban J connectivity index is 1.95. The molecule has 0 aliphatic heterocycles. The second-order valence-electron chi connectivity index (χ2n) is 4.08. The number of anilines is 1. The molecule has 2 aromatic rings. The highest BCUT2D eigenvalue weighted by molar-refractivity contribution is 7.10. The van der Waals surface area contributed by atoms with E-state index in [9.17, 15) is 0 Å². The van der Waals surface area contributed by atoms with E-state index < -0.39 is 0 Å². The number of benzene rings is 1. The Hall–Kier alpha value is -0.900. The third-order valence-corrected chi connectivity index (χ3v) is 4.06. The second-order valence-corrected chi connectivity index (χ2v) is 5.92. The number of thiophene rings is 1. The molecule has 1 heterocycles. The lowest BCUT2D eigenvalue weighted by atomic mass is 10.3. The molecule has 5 heteroatoms. The number of hydrogen-bond acceptors (Lipinski definition) is 3. The van der Waals surface area contributed by atoms with E-state index in [4.69, 9.17) is 27.9 Å². The highest BCUT2D eigenvalue weighted by Crippen LogP contribution is 2.28. The van der Waals surface area contributed by atoms with Crippen molar-refractivity contribution in [1.29, 1.82) is 0 Å². The Morgan fingerprint density at radius 2 is 2.11 bits per heavy atom. The molecular formula is C14H15Cl2NOS. The Labute approximate surface area is 127 Å². The number of ether oxygens (including phenoxy) is 1. The summed E-state index contributed by atoms with van der Waals surface area (Å²) in [5.41, 5.74) is 0.971. The van der Waals surface area contributed by atoms with Crippen LogP contribution in [0, 0.1) is 0 Å². The molecule has 102 valence electrons. The van der Waals surface area contributed by atoms with Gasteiger partial charge in [0, 0.05) is 22.5 Å². The third-order valence-electron chi connectivity index (χ3n) is 2.48. The van der Waals surface area contributed by atoms with Gasteiger partial charge in [-0.15, -0.1) is 11.3 Å². The smallest absolute Gasteiger partial charge is 0.138 e. The summed E-state index contributed by atoms with van der Waals surface area (Å²) < 4.78 is 5.53. The molecule has 1 aromatic heterocycles. The normalized spacial score (nSPS) is 10.5. The van der Waals surface area contributed by atoms with Gasteiger partial charge in [0.2, 0.25) is 0 Å². The number of halogens is 2. The number of nitrogens with one attached hydrogen (secondary N) is 1. The lowest BCUT2D eigenvalue weighted by Crippen LogP contribution is -1.99. The van der Waals surface area contributed by atoms with Gasteiger partial charge in [-0.05, 0) is 30.7 Å². The molecule has 0 aliphatic rings. The Bertz CT molecular complexity index is 542. The molecule has 2 rings (SSSR count). The fourth-order valence-corrected chi connectivity index (χ4v) is 2.82. The molecule has 0 radical (unpaired) electrons. The zero-order valence-electron chi connectivity index (χ0n) is 10.6. The van der Waals surface area contributed by atoms with Crippen LogP contribution in [0.2, 0.25) is 10.0 Å². The van der Waals surface area contributed by atoms with Gasteiger partial charge in [-0.2, -0.15) is 0 Å². The summed E-state index contributed by atoms with van der Waals surface area (Å²) in [6.45, 7) is 3.49. The van der Waals surface area contributed by atoms with Crippen molar-refractivity contribution in [3.63, 3.8) is 0 Å². The molecule has 0 bridgehead atoms. The average Bonchev–Trinajstić information content (AvgIpc) is 2.81. The van der Waals surface area contributed by atoms with Crippen LogP contribution in [0.25, 0.3) is 0 Å². The van der Waals surface area contributed by atoms with Crippen molar-refractivity contribution in [2.24, 2.45) is 0 Å². The van der Waals surface area contributed by atoms with E-state index in [2.05, 4.69) is 12.2 Å². The predicted molar refractivity (Wildman–Crippen MR) is 83.9 cm³/mol. The molecule has 0 saturated heterocycles. The molecule has 0 amide bonds. The average molecular weight is 316 g/mol. The van der Waals surface area contributed by atoms with Crippen LogP contribution in [0.1, 0.15) is 18.2 Å². The van der Waals surface area contributed by atoms with Gasteiger partial charge in [0.25, 0.3) is 0 Å². The number of rotatable bonds is 6. The van der Waals surface area contributed by atoms with Crippen molar-refractivity contribution in [2.75, 3.05) is 11.9 Å². The molecule has 2 nitrogen and oxygen atoms in total. The molecule has 0 unspecified atom stereocenters. The first-order chi connectivity index (χ1) is 9.19. The summed E-state index contributed by atoms with van der Waals surface area (Å²) in [6, 6.07) is 7.69. The minimum atomic E-state index is 0.627. The van der Waals surface area contributed by atoms with Crippen molar-refractivity contribution in [1.82, 2.24) is 0 Å². The summed E-state index contributed by atoms with van der Waals surface area (Å²) in [5, 5.41) is 6.64. The Morgan fingerprint density at radius 3 is 2.74 bits per heavy atom. The van der Waals surface area contributed by atoms with E-state index in [-0.39, 0.29) is 0 Å². The van der Waals surface area contributed by atoms with Gasteiger partial charge in [-0.3, -0.25) is 0 Å². The van der Waals surface area contributed by atoms with Crippen molar-refractivity contribution < 1.29 is 4.74 Å². The van der Waals surface area contributed by atoms with Crippen LogP contribution >= 0.6 is 34.5 Å². The van der Waals surface area contributed by atoms with Gasteiger partial charge in [0.1, 0.15) is 5.75 Å². The quantitative estimate of drug-likeness (QED) is 0.764. The minimum absolute atomic E-state index is 0.627. The maximum Gasteiger partial charge on any atom is 0.138 e. The molecule has 19 heavy (non-hydrogen) atoms. The van der Waals surface area contributed by atoms with E-state index in [1.165, 1.54) is 4.88 Å². The van der Waals surface area contributed by atoms with E-state index >= 15 is 0 Å². The molecule has 0 spiro atoms. The molecule has 0 atom stereocenters. The largest absolute Gasteiger partial charge is 0.492 e. The SMILES string of the molecule is CCCOc1ccc(NCc2cc(Cl)cs2)cc1Cl. The van der Waals surface area contributed by atoms with Crippen LogP contribution in [0.5, 0.6) is 5.75 Å². The summed E-state index contributed by atoms with van der Waals surface area (Å²) in [7, 11) is 0. The van der Waals surface area contributed by atoms with Crippen LogP contribution in [0.15, 0.2) is 29.6 Å². The van der Waals surface area contributed by atoms with E-state index in [0.29, 0.717) is 11.6 Å². The van der Waals surface area contributed by atoms with Crippen LogP contribution in [0.3, 0.4) is 0 Å². The van der Waals surface area contributed by atoms with Gasteiger partial charge in [0.05, 0.1) is 16.7 Å². The van der Waals surface area contributed by atoms with Gasteiger partial charge < -0.3 is 10.1 Å². The first-order valence-electron chi connectivity index (χ1n) is 6.08. The molecule has 0 saturated carbocycles. The number of hydrogen-bond donors (Lipinski definition) is 1. The lowest BCUT2D eigenvalue weighted by Gasteiger charge is -2.10. The van der Waals surface area contributed by atoms with Crippen LogP contribution in [-0.2, 0) is 6.54 Å². The fraction of sp³-hybridized carbons (Fsp3) is 0.286. The first kappa shape index (κ1) is 14.5. The summed E-state index contributed by atoms with van der Waals surface area (Å²) in [4.78, 5) is 1.19. The molecule has 1 aromatic carbocycles. The van der Waals surface area contributed by atoms with Crippen molar-refractivity contribution in [2.45, 2.75) is 19.9 Å². The van der Waals surface area contributed by atoms with Gasteiger partial charge in [-0.25, -0.2) is 0 Å². The first-order valence-corrected chi connectivity index (χ1v) is 7.71. The molecule has 0 aliphatic carbocycles. The second kappa shape index (κ2) is 7.04. The van der Waals surface area contributed by atoms with Crippen LogP contribution < -0.4 is 10.1 Å². The van der Waals surface area contributed by atoms with Crippen molar-refractivity contribution in [3.05, 3.63) is 44.6 Å². The van der Waals surface area contributed by atoms with Crippen molar-refractivity contribution >= 4 is 40.2 Å². The summed E-state index contributed by atoms with van der Waals surface area (Å²) in [6.07, 6.45) is 0.968. The fourth-order valence-electron chi connectivity index (χ4n) is 1.58. The summed E-state index contributed by atoms with van der Waals surface area (Å²) in [5.74, 6) is 0.730. The zero-order chi connectivity index (χ0) is 13.7. The van der Waals surface area contributed by atoms with Crippen LogP contribution in [-0.4, -0.2) is 6.61 Å². The zero-order valence-corrected chi connectivity index (χ0v) is 12.9. The third kappa shape index (κ3) is 4.30. The Kier molecular flexibility index (Phi) is 5.37. The highest BCUT2D eigenvalue weighted by atomic mass is 35.5. The monoisotopic (exact) mass is 315 g/mol. The predicted octanol–water partition coefficient (Wildman–Crippen LogP) is 5.46. The topological polar surface area (TPSA) is 21.3 Å². The minimum Gasteiger partial charge on any atom is -0.492 e. The standard InChI is InChI=1S/C14H15Cl2NOS/c1-2-5-18-14-4-3-11(7-13(14)16)17-8-12-6-10(15)9-19-12/h3-4,6-7,9,17H,2,5,8H2,1H3. The van der Waals surface area contributed by atoms with Gasteiger partial charge >= 0.3 is 0 Å². The maximum atomic E-state index is 6.17. The highest BCUT2D eigenvalue weighted by Gasteiger charge is 2.03. The van der Waals surface area contributed by atoms with Gasteiger partial charge in [-0.1, -0.05) is 30.1 Å². The maximum absolute atomic E-state index is 6.17. The molecule has 0 fully saturated rings. The summed E-state index contributed by atoms with van der Waals surface area (Å²) >= 11 is 13.7. The van der Waals surface area contributed by atoms with E-state index in [1.54, 1.807) is 11.3 Å². The lowest BCUT2D eigenvalue weighted by molar-refractivity contribution is 0.317. The van der Waals surface area contributed by atoms with E-state index in [1.807, 2.05) is 29.6 Å². The van der Waals surface area contributed by atoms with Gasteiger partial charge in [0.15, 0.2) is 0 Å². The molecule has 1 N–H and O–H groups in total. The molecular weight excluding hydrogens is 301 g/mol. The Morgan fingerprint density at radius 1 is 1.26 bits per heavy atom.